The number of unbranched alkanes of at least 4 members (excludes halogenated alkanes) is 27. The Balaban J connectivity index is 4.62. The molecule has 0 fully saturated rings. The summed E-state index contributed by atoms with van der Waals surface area (Å²) in [5, 5.41) is 0. The van der Waals surface area contributed by atoms with Crippen molar-refractivity contribution in [2.75, 3.05) is 0 Å². The lowest BCUT2D eigenvalue weighted by Gasteiger charge is -2.35. The van der Waals surface area contributed by atoms with Crippen LogP contribution in [0.1, 0.15) is 234 Å². The van der Waals surface area contributed by atoms with E-state index in [4.69, 9.17) is 4.43 Å². The lowest BCUT2D eigenvalue weighted by Crippen LogP contribution is -2.41. The van der Waals surface area contributed by atoms with Gasteiger partial charge in [-0.25, -0.2) is 0 Å². The third-order valence-electron chi connectivity index (χ3n) is 9.98. The normalized spacial score (nSPS) is 12.8. The van der Waals surface area contributed by atoms with E-state index < -0.39 is 8.32 Å². The lowest BCUT2D eigenvalue weighted by atomic mass is 10.1. The molecule has 0 aromatic heterocycles. The molecule has 42 heavy (non-hydrogen) atoms. The highest BCUT2D eigenvalue weighted by Gasteiger charge is 2.34. The van der Waals surface area contributed by atoms with Gasteiger partial charge in [0.1, 0.15) is 0 Å². The van der Waals surface area contributed by atoms with Crippen LogP contribution in [0.25, 0.3) is 0 Å². The van der Waals surface area contributed by atoms with E-state index in [9.17, 15) is 0 Å². The molecule has 0 bridgehead atoms. The number of hydrogen-bond acceptors (Lipinski definition) is 1. The highest BCUT2D eigenvalue weighted by atomic mass is 28.4. The highest BCUT2D eigenvalue weighted by Crippen LogP contribution is 2.33. The van der Waals surface area contributed by atoms with Gasteiger partial charge in [0.25, 0.3) is 0 Å². The van der Waals surface area contributed by atoms with Crippen molar-refractivity contribution in [2.45, 2.75) is 258 Å². The van der Waals surface area contributed by atoms with Crippen molar-refractivity contribution in [3.05, 3.63) is 0 Å². The molecule has 1 nitrogen and oxygen atoms in total. The maximum absolute atomic E-state index is 7.17. The Morgan fingerprint density at radius 2 is 0.548 bits per heavy atom. The molecule has 0 amide bonds. The molecule has 1 unspecified atom stereocenters. The van der Waals surface area contributed by atoms with E-state index in [2.05, 4.69) is 34.6 Å². The Labute approximate surface area is 270 Å². The van der Waals surface area contributed by atoms with Gasteiger partial charge in [-0.05, 0) is 31.5 Å². The molecule has 0 aromatic rings. The standard InChI is InChI=1S/C40H84OSi/c1-6-10-13-16-19-22-25-28-31-34-37-42(41-40(5)9-4,38-35-32-29-26-23-20-17-14-11-7-2)39-36-33-30-27-24-21-18-15-12-8-3/h40H,6-39H2,1-5H3. The van der Waals surface area contributed by atoms with Crippen molar-refractivity contribution >= 4 is 8.32 Å². The Morgan fingerprint density at radius 1 is 0.333 bits per heavy atom. The Hall–Kier alpha value is 0.177. The first-order valence-corrected chi connectivity index (χ1v) is 22.8. The van der Waals surface area contributed by atoms with E-state index in [-0.39, 0.29) is 0 Å². The second-order valence-electron chi connectivity index (χ2n) is 14.3. The molecular weight excluding hydrogens is 525 g/mol. The van der Waals surface area contributed by atoms with Gasteiger partial charge >= 0.3 is 0 Å². The third-order valence-corrected chi connectivity index (χ3v) is 14.7. The first-order chi connectivity index (χ1) is 20.6. The first kappa shape index (κ1) is 42.2. The van der Waals surface area contributed by atoms with Gasteiger partial charge in [0.2, 0.25) is 0 Å². The topological polar surface area (TPSA) is 9.23 Å². The van der Waals surface area contributed by atoms with Crippen molar-refractivity contribution < 1.29 is 4.43 Å². The zero-order chi connectivity index (χ0) is 30.8. The average molecular weight is 609 g/mol. The minimum absolute atomic E-state index is 0.464. The second kappa shape index (κ2) is 34.1. The molecule has 0 aliphatic carbocycles. The van der Waals surface area contributed by atoms with Crippen LogP contribution in [0, 0.1) is 0 Å². The lowest BCUT2D eigenvalue weighted by molar-refractivity contribution is 0.198. The SMILES string of the molecule is CCCCCCCCCCCC[Si](CCCCCCCCCCCC)(CCCCCCCCCCCC)OC(C)CC. The van der Waals surface area contributed by atoms with Crippen LogP contribution in [0.2, 0.25) is 18.1 Å². The fourth-order valence-corrected chi connectivity index (χ4v) is 11.7. The first-order valence-electron chi connectivity index (χ1n) is 20.3. The molecule has 1 atom stereocenters. The van der Waals surface area contributed by atoms with E-state index in [0.717, 1.165) is 0 Å². The van der Waals surface area contributed by atoms with E-state index >= 15 is 0 Å². The minimum Gasteiger partial charge on any atom is -0.414 e. The molecule has 0 radical (unpaired) electrons. The molecule has 0 aliphatic heterocycles. The third kappa shape index (κ3) is 28.9. The van der Waals surface area contributed by atoms with Crippen molar-refractivity contribution in [1.82, 2.24) is 0 Å². The summed E-state index contributed by atoms with van der Waals surface area (Å²) >= 11 is 0. The summed E-state index contributed by atoms with van der Waals surface area (Å²) in [5.41, 5.74) is 0. The number of hydrogen-bond donors (Lipinski definition) is 0. The summed E-state index contributed by atoms with van der Waals surface area (Å²) in [6, 6.07) is 4.34. The Morgan fingerprint density at radius 3 is 0.762 bits per heavy atom. The fraction of sp³-hybridized carbons (Fsp3) is 1.00. The average Bonchev–Trinajstić information content (AvgIpc) is 3.00. The summed E-state index contributed by atoms with van der Waals surface area (Å²) in [7, 11) is -1.65. The van der Waals surface area contributed by atoms with E-state index in [0.29, 0.717) is 6.10 Å². The zero-order valence-electron chi connectivity index (χ0n) is 30.5. The quantitative estimate of drug-likeness (QED) is 0.0508. The van der Waals surface area contributed by atoms with Gasteiger partial charge in [0.15, 0.2) is 8.32 Å². The Bertz CT molecular complexity index is 432. The van der Waals surface area contributed by atoms with Crippen molar-refractivity contribution in [1.29, 1.82) is 0 Å². The van der Waals surface area contributed by atoms with E-state index in [1.807, 2.05) is 0 Å². The van der Waals surface area contributed by atoms with Crippen LogP contribution in [0.4, 0.5) is 0 Å². The molecular formula is C40H84OSi. The summed E-state index contributed by atoms with van der Waals surface area (Å²) in [6.45, 7) is 11.7. The molecule has 0 rings (SSSR count). The van der Waals surface area contributed by atoms with Gasteiger partial charge in [0, 0.05) is 6.10 Å². The van der Waals surface area contributed by atoms with Crippen LogP contribution in [0.3, 0.4) is 0 Å². The molecule has 0 saturated carbocycles. The summed E-state index contributed by atoms with van der Waals surface area (Å²) in [4.78, 5) is 0. The van der Waals surface area contributed by atoms with Crippen LogP contribution in [-0.4, -0.2) is 14.4 Å². The van der Waals surface area contributed by atoms with Crippen molar-refractivity contribution in [3.8, 4) is 0 Å². The van der Waals surface area contributed by atoms with Gasteiger partial charge in [-0.2, -0.15) is 0 Å². The highest BCUT2D eigenvalue weighted by molar-refractivity contribution is 6.73. The summed E-state index contributed by atoms with van der Waals surface area (Å²) < 4.78 is 7.17. The summed E-state index contributed by atoms with van der Waals surface area (Å²) in [6.07, 6.45) is 45.0. The second-order valence-corrected chi connectivity index (χ2v) is 18.4. The predicted molar refractivity (Wildman–Crippen MR) is 197 cm³/mol. The summed E-state index contributed by atoms with van der Waals surface area (Å²) in [5.74, 6) is 0. The van der Waals surface area contributed by atoms with Crippen LogP contribution >= 0.6 is 0 Å². The van der Waals surface area contributed by atoms with Crippen molar-refractivity contribution in [3.63, 3.8) is 0 Å². The Kier molecular flexibility index (Phi) is 34.2. The molecule has 0 spiro atoms. The molecule has 0 aromatic carbocycles. The molecule has 254 valence electrons. The van der Waals surface area contributed by atoms with Crippen LogP contribution in [0.15, 0.2) is 0 Å². The van der Waals surface area contributed by atoms with Gasteiger partial charge in [-0.15, -0.1) is 0 Å². The van der Waals surface area contributed by atoms with Gasteiger partial charge in [-0.3, -0.25) is 0 Å². The minimum atomic E-state index is -1.65. The molecule has 0 saturated heterocycles. The van der Waals surface area contributed by atoms with Gasteiger partial charge in [-0.1, -0.05) is 220 Å². The molecule has 0 aliphatic rings. The monoisotopic (exact) mass is 609 g/mol. The van der Waals surface area contributed by atoms with E-state index in [1.165, 1.54) is 217 Å². The molecule has 0 heterocycles. The smallest absolute Gasteiger partial charge is 0.193 e. The van der Waals surface area contributed by atoms with Crippen LogP contribution in [-0.2, 0) is 4.43 Å². The molecule has 0 N–H and O–H groups in total. The van der Waals surface area contributed by atoms with Crippen molar-refractivity contribution in [2.24, 2.45) is 0 Å². The molecule has 2 heteroatoms. The van der Waals surface area contributed by atoms with Gasteiger partial charge < -0.3 is 4.43 Å². The van der Waals surface area contributed by atoms with Crippen LogP contribution < -0.4 is 0 Å². The van der Waals surface area contributed by atoms with E-state index in [1.54, 1.807) is 0 Å². The maximum Gasteiger partial charge on any atom is 0.193 e. The number of rotatable bonds is 36. The fourth-order valence-electron chi connectivity index (χ4n) is 6.87. The maximum atomic E-state index is 7.17. The van der Waals surface area contributed by atoms with Gasteiger partial charge in [0.05, 0.1) is 0 Å². The predicted octanol–water partition coefficient (Wildman–Crippen LogP) is 15.5. The van der Waals surface area contributed by atoms with Crippen LogP contribution in [0.5, 0.6) is 0 Å². The zero-order valence-corrected chi connectivity index (χ0v) is 31.5. The largest absolute Gasteiger partial charge is 0.414 e.